The van der Waals surface area contributed by atoms with Crippen LogP contribution in [0, 0.1) is 0 Å². The number of nitrogens with two attached hydrogens (primary N) is 1. The maximum atomic E-state index is 12.2. The molecule has 0 aliphatic carbocycles. The number of aromatic nitrogens is 2. The van der Waals surface area contributed by atoms with Crippen molar-refractivity contribution in [1.29, 1.82) is 0 Å². The number of hydrogen-bond donors (Lipinski definition) is 2. The molecule has 20 heavy (non-hydrogen) atoms. The van der Waals surface area contributed by atoms with Gasteiger partial charge < -0.3 is 11.1 Å². The lowest BCUT2D eigenvalue weighted by molar-refractivity contribution is 0.101. The number of amides is 1. The molecule has 0 spiro atoms. The Bertz CT molecular complexity index is 586. The molecule has 106 valence electrons. The Balaban J connectivity index is 2.08. The summed E-state index contributed by atoms with van der Waals surface area (Å²) in [6, 6.07) is 9.55. The summed E-state index contributed by atoms with van der Waals surface area (Å²) in [5.41, 5.74) is 8.92. The largest absolute Gasteiger partial charge is 0.330 e. The van der Waals surface area contributed by atoms with E-state index in [1.54, 1.807) is 11.7 Å². The van der Waals surface area contributed by atoms with Gasteiger partial charge in [0.25, 0.3) is 5.91 Å². The van der Waals surface area contributed by atoms with Crippen molar-refractivity contribution >= 4 is 11.6 Å². The summed E-state index contributed by atoms with van der Waals surface area (Å²) in [6.07, 6.45) is 1.66. The Morgan fingerprint density at radius 3 is 2.60 bits per heavy atom. The van der Waals surface area contributed by atoms with Gasteiger partial charge in [-0.05, 0) is 43.1 Å². The lowest BCUT2D eigenvalue weighted by Crippen LogP contribution is -2.16. The van der Waals surface area contributed by atoms with Crippen LogP contribution in [0.25, 0.3) is 0 Å². The number of nitrogens with one attached hydrogen (secondary N) is 1. The molecule has 1 amide bonds. The predicted molar refractivity (Wildman–Crippen MR) is 79.7 cm³/mol. The quantitative estimate of drug-likeness (QED) is 0.870. The molecule has 1 aromatic heterocycles. The summed E-state index contributed by atoms with van der Waals surface area (Å²) in [5.74, 6) is -0.147. The second-order valence-corrected chi connectivity index (χ2v) is 4.69. The highest BCUT2D eigenvalue weighted by atomic mass is 16.2. The van der Waals surface area contributed by atoms with Gasteiger partial charge in [-0.3, -0.25) is 9.48 Å². The average molecular weight is 272 g/mol. The van der Waals surface area contributed by atoms with Gasteiger partial charge in [0.05, 0.1) is 5.69 Å². The van der Waals surface area contributed by atoms with E-state index in [0.717, 1.165) is 24.2 Å². The molecule has 0 fully saturated rings. The van der Waals surface area contributed by atoms with Gasteiger partial charge in [-0.15, -0.1) is 0 Å². The molecule has 0 saturated carbocycles. The van der Waals surface area contributed by atoms with E-state index in [2.05, 4.69) is 10.4 Å². The highest BCUT2D eigenvalue weighted by Crippen LogP contribution is 2.12. The number of benzene rings is 1. The molecule has 1 aromatic carbocycles. The third-order valence-corrected chi connectivity index (χ3v) is 3.17. The molecule has 2 rings (SSSR count). The number of carbonyl (C=O) groups is 1. The Morgan fingerprint density at radius 2 is 2.05 bits per heavy atom. The maximum Gasteiger partial charge on any atom is 0.273 e. The molecule has 3 N–H and O–H groups in total. The highest BCUT2D eigenvalue weighted by molar-refractivity contribution is 6.03. The van der Waals surface area contributed by atoms with Crippen LogP contribution < -0.4 is 11.1 Å². The van der Waals surface area contributed by atoms with Crippen LogP contribution in [0.2, 0.25) is 0 Å². The van der Waals surface area contributed by atoms with Crippen molar-refractivity contribution in [3.63, 3.8) is 0 Å². The number of anilines is 1. The first kappa shape index (κ1) is 14.3. The zero-order chi connectivity index (χ0) is 14.5. The van der Waals surface area contributed by atoms with Gasteiger partial charge in [-0.2, -0.15) is 5.10 Å². The fourth-order valence-electron chi connectivity index (χ4n) is 2.03. The third kappa shape index (κ3) is 3.24. The summed E-state index contributed by atoms with van der Waals surface area (Å²) in [5, 5.41) is 7.15. The summed E-state index contributed by atoms with van der Waals surface area (Å²) in [6.45, 7) is 2.64. The number of aryl methyl sites for hydroxylation is 2. The molecule has 5 heteroatoms. The lowest BCUT2D eigenvalue weighted by Gasteiger charge is -2.06. The van der Waals surface area contributed by atoms with Crippen LogP contribution >= 0.6 is 0 Å². The van der Waals surface area contributed by atoms with Gasteiger partial charge in [0.1, 0.15) is 5.69 Å². The Morgan fingerprint density at radius 1 is 1.35 bits per heavy atom. The van der Waals surface area contributed by atoms with E-state index in [-0.39, 0.29) is 5.91 Å². The third-order valence-electron chi connectivity index (χ3n) is 3.17. The Kier molecular flexibility index (Phi) is 4.53. The first-order valence-electron chi connectivity index (χ1n) is 6.77. The van der Waals surface area contributed by atoms with Crippen LogP contribution in [-0.4, -0.2) is 22.2 Å². The minimum Gasteiger partial charge on any atom is -0.330 e. The zero-order valence-electron chi connectivity index (χ0n) is 11.9. The molecular formula is C15H20N4O. The average Bonchev–Trinajstić information content (AvgIpc) is 2.83. The van der Waals surface area contributed by atoms with Crippen molar-refractivity contribution < 1.29 is 4.79 Å². The van der Waals surface area contributed by atoms with E-state index < -0.39 is 0 Å². The van der Waals surface area contributed by atoms with Crippen LogP contribution in [0.4, 0.5) is 5.69 Å². The normalized spacial score (nSPS) is 10.6. The molecule has 0 aliphatic heterocycles. The van der Waals surface area contributed by atoms with Crippen LogP contribution in [0.3, 0.4) is 0 Å². The first-order chi connectivity index (χ1) is 9.63. The molecule has 1 heterocycles. The maximum absolute atomic E-state index is 12.2. The van der Waals surface area contributed by atoms with Gasteiger partial charge in [-0.1, -0.05) is 19.1 Å². The first-order valence-corrected chi connectivity index (χ1v) is 6.77. The van der Waals surface area contributed by atoms with Gasteiger partial charge in [0.15, 0.2) is 0 Å². The second kappa shape index (κ2) is 6.34. The van der Waals surface area contributed by atoms with E-state index in [4.69, 9.17) is 5.73 Å². The molecule has 0 aliphatic rings. The molecule has 0 atom stereocenters. The number of rotatable bonds is 5. The zero-order valence-corrected chi connectivity index (χ0v) is 11.9. The van der Waals surface area contributed by atoms with E-state index in [1.165, 1.54) is 5.56 Å². The number of nitrogens with zero attached hydrogens (tertiary/aromatic N) is 2. The fraction of sp³-hybridized carbons (Fsp3) is 0.333. The smallest absolute Gasteiger partial charge is 0.273 e. The van der Waals surface area contributed by atoms with E-state index in [1.807, 2.05) is 37.3 Å². The Hall–Kier alpha value is -2.14. The van der Waals surface area contributed by atoms with E-state index in [9.17, 15) is 4.79 Å². The van der Waals surface area contributed by atoms with Gasteiger partial charge in [0, 0.05) is 12.7 Å². The number of carbonyl (C=O) groups excluding carboxylic acids is 1. The van der Waals surface area contributed by atoms with Crippen LogP contribution in [0.5, 0.6) is 0 Å². The standard InChI is InChI=1S/C15H20N4O/c1-3-12-10-14(19(2)18-12)15(20)17-13-6-4-11(5-7-13)8-9-16/h4-7,10H,3,8-9,16H2,1-2H3,(H,17,20). The minimum absolute atomic E-state index is 0.147. The number of hydrogen-bond acceptors (Lipinski definition) is 3. The molecule has 0 unspecified atom stereocenters. The monoisotopic (exact) mass is 272 g/mol. The van der Waals surface area contributed by atoms with Crippen LogP contribution in [0.15, 0.2) is 30.3 Å². The molecule has 5 nitrogen and oxygen atoms in total. The fourth-order valence-corrected chi connectivity index (χ4v) is 2.03. The van der Waals surface area contributed by atoms with Crippen molar-refractivity contribution in [1.82, 2.24) is 9.78 Å². The summed E-state index contributed by atoms with van der Waals surface area (Å²) < 4.78 is 1.61. The molecule has 0 radical (unpaired) electrons. The van der Waals surface area contributed by atoms with Crippen molar-refractivity contribution in [2.24, 2.45) is 12.8 Å². The SMILES string of the molecule is CCc1cc(C(=O)Nc2ccc(CCN)cc2)n(C)n1. The van der Waals surface area contributed by atoms with Gasteiger partial charge in [0.2, 0.25) is 0 Å². The van der Waals surface area contributed by atoms with Crippen LogP contribution in [-0.2, 0) is 19.9 Å². The van der Waals surface area contributed by atoms with Crippen LogP contribution in [0.1, 0.15) is 28.7 Å². The molecule has 0 saturated heterocycles. The highest BCUT2D eigenvalue weighted by Gasteiger charge is 2.12. The molecular weight excluding hydrogens is 252 g/mol. The molecule has 2 aromatic rings. The van der Waals surface area contributed by atoms with Gasteiger partial charge >= 0.3 is 0 Å². The van der Waals surface area contributed by atoms with E-state index >= 15 is 0 Å². The van der Waals surface area contributed by atoms with E-state index in [0.29, 0.717) is 12.2 Å². The van der Waals surface area contributed by atoms with Crippen molar-refractivity contribution in [2.45, 2.75) is 19.8 Å². The van der Waals surface area contributed by atoms with Gasteiger partial charge in [-0.25, -0.2) is 0 Å². The van der Waals surface area contributed by atoms with Crippen molar-refractivity contribution in [3.05, 3.63) is 47.3 Å². The predicted octanol–water partition coefficient (Wildman–Crippen LogP) is 1.74. The molecule has 0 bridgehead atoms. The Labute approximate surface area is 118 Å². The summed E-state index contributed by atoms with van der Waals surface area (Å²) in [7, 11) is 1.78. The summed E-state index contributed by atoms with van der Waals surface area (Å²) >= 11 is 0. The topological polar surface area (TPSA) is 72.9 Å². The summed E-state index contributed by atoms with van der Waals surface area (Å²) in [4.78, 5) is 12.2. The van der Waals surface area contributed by atoms with Crippen molar-refractivity contribution in [2.75, 3.05) is 11.9 Å². The second-order valence-electron chi connectivity index (χ2n) is 4.69. The van der Waals surface area contributed by atoms with Crippen molar-refractivity contribution in [3.8, 4) is 0 Å². The lowest BCUT2D eigenvalue weighted by atomic mass is 10.1. The minimum atomic E-state index is -0.147.